The third kappa shape index (κ3) is 4.82. The minimum absolute atomic E-state index is 0.330. The number of rotatable bonds is 7. The van der Waals surface area contributed by atoms with Crippen LogP contribution in [0.25, 0.3) is 0 Å². The molecule has 1 aliphatic heterocycles. The van der Waals surface area contributed by atoms with E-state index in [0.717, 1.165) is 38.8 Å². The zero-order valence-corrected chi connectivity index (χ0v) is 11.0. The zero-order valence-electron chi connectivity index (χ0n) is 11.0. The Kier molecular flexibility index (Phi) is 7.02. The molecule has 1 aliphatic rings. The van der Waals surface area contributed by atoms with Gasteiger partial charge < -0.3 is 5.32 Å². The molecule has 0 aromatic carbocycles. The van der Waals surface area contributed by atoms with Crippen LogP contribution in [0.4, 0.5) is 4.39 Å². The highest BCUT2D eigenvalue weighted by Gasteiger charge is 2.25. The summed E-state index contributed by atoms with van der Waals surface area (Å²) in [6.45, 7) is 6.44. The molecule has 0 bridgehead atoms. The molecule has 2 heteroatoms. The summed E-state index contributed by atoms with van der Waals surface area (Å²) in [6.07, 6.45) is 7.18. The number of unbranched alkanes of at least 4 members (excludes halogenated alkanes) is 1. The molecule has 2 unspecified atom stereocenters. The monoisotopic (exact) mass is 229 g/mol. The van der Waals surface area contributed by atoms with Crippen molar-refractivity contribution < 1.29 is 4.39 Å². The van der Waals surface area contributed by atoms with E-state index in [1.54, 1.807) is 0 Å². The van der Waals surface area contributed by atoms with Crippen molar-refractivity contribution >= 4 is 0 Å². The van der Waals surface area contributed by atoms with E-state index in [2.05, 4.69) is 19.2 Å². The average molecular weight is 229 g/mol. The molecular weight excluding hydrogens is 201 g/mol. The van der Waals surface area contributed by atoms with Gasteiger partial charge in [0.15, 0.2) is 0 Å². The van der Waals surface area contributed by atoms with Crippen LogP contribution < -0.4 is 5.32 Å². The Morgan fingerprint density at radius 3 is 2.50 bits per heavy atom. The fraction of sp³-hybridized carbons (Fsp3) is 1.00. The normalized spacial score (nSPS) is 21.9. The number of piperidine rings is 1. The van der Waals surface area contributed by atoms with Crippen LogP contribution in [0.3, 0.4) is 0 Å². The molecule has 1 rings (SSSR count). The molecule has 1 fully saturated rings. The molecule has 0 aromatic rings. The third-order valence-electron chi connectivity index (χ3n) is 4.00. The van der Waals surface area contributed by atoms with Crippen LogP contribution >= 0.6 is 0 Å². The van der Waals surface area contributed by atoms with Gasteiger partial charge in [0, 0.05) is 0 Å². The fourth-order valence-corrected chi connectivity index (χ4v) is 2.70. The minimum atomic E-state index is -0.552. The summed E-state index contributed by atoms with van der Waals surface area (Å²) >= 11 is 0. The van der Waals surface area contributed by atoms with Crippen LogP contribution in [0.1, 0.15) is 58.8 Å². The lowest BCUT2D eigenvalue weighted by molar-refractivity contribution is 0.151. The van der Waals surface area contributed by atoms with Gasteiger partial charge in [0.1, 0.15) is 6.17 Å². The molecule has 2 atom stereocenters. The van der Waals surface area contributed by atoms with Crippen molar-refractivity contribution in [3.8, 4) is 0 Å². The Bertz CT molecular complexity index is 166. The highest BCUT2D eigenvalue weighted by molar-refractivity contribution is 4.77. The summed E-state index contributed by atoms with van der Waals surface area (Å²) in [5.41, 5.74) is 0. The van der Waals surface area contributed by atoms with Crippen molar-refractivity contribution in [3.63, 3.8) is 0 Å². The standard InChI is InChI=1S/C14H28FN/c1-3-5-6-12(4-2)11-14(15)13-7-9-16-10-8-13/h12-14,16H,3-11H2,1-2H3. The minimum Gasteiger partial charge on any atom is -0.317 e. The number of alkyl halides is 1. The predicted molar refractivity (Wildman–Crippen MR) is 68.4 cm³/mol. The summed E-state index contributed by atoms with van der Waals surface area (Å²) in [7, 11) is 0. The van der Waals surface area contributed by atoms with Crippen LogP contribution in [0.2, 0.25) is 0 Å². The van der Waals surface area contributed by atoms with E-state index in [9.17, 15) is 4.39 Å². The third-order valence-corrected chi connectivity index (χ3v) is 4.00. The lowest BCUT2D eigenvalue weighted by atomic mass is 9.85. The Balaban J connectivity index is 2.26. The molecule has 0 aliphatic carbocycles. The van der Waals surface area contributed by atoms with Crippen LogP contribution in [-0.4, -0.2) is 19.3 Å². The maximum Gasteiger partial charge on any atom is 0.103 e. The number of hydrogen-bond donors (Lipinski definition) is 1. The first-order valence-electron chi connectivity index (χ1n) is 7.12. The Morgan fingerprint density at radius 2 is 1.94 bits per heavy atom. The molecular formula is C14H28FN. The molecule has 96 valence electrons. The smallest absolute Gasteiger partial charge is 0.103 e. The van der Waals surface area contributed by atoms with E-state index in [4.69, 9.17) is 0 Å². The summed E-state index contributed by atoms with van der Waals surface area (Å²) in [5.74, 6) is 0.946. The van der Waals surface area contributed by atoms with Gasteiger partial charge in [0.2, 0.25) is 0 Å². The molecule has 1 N–H and O–H groups in total. The summed E-state index contributed by atoms with van der Waals surface area (Å²) in [4.78, 5) is 0. The van der Waals surface area contributed by atoms with Crippen molar-refractivity contribution in [1.82, 2.24) is 5.32 Å². The average Bonchev–Trinajstić information content (AvgIpc) is 2.35. The van der Waals surface area contributed by atoms with Gasteiger partial charge in [-0.1, -0.05) is 39.5 Å². The second kappa shape index (κ2) is 8.05. The molecule has 1 nitrogen and oxygen atoms in total. The van der Waals surface area contributed by atoms with Crippen LogP contribution in [0, 0.1) is 11.8 Å². The quantitative estimate of drug-likeness (QED) is 0.697. The first kappa shape index (κ1) is 14.0. The summed E-state index contributed by atoms with van der Waals surface area (Å²) in [5, 5.41) is 3.30. The van der Waals surface area contributed by atoms with Gasteiger partial charge in [-0.2, -0.15) is 0 Å². The van der Waals surface area contributed by atoms with Gasteiger partial charge in [0.05, 0.1) is 0 Å². The van der Waals surface area contributed by atoms with Crippen LogP contribution in [0.5, 0.6) is 0 Å². The summed E-state index contributed by atoms with van der Waals surface area (Å²) < 4.78 is 14.1. The zero-order chi connectivity index (χ0) is 11.8. The van der Waals surface area contributed by atoms with Crippen molar-refractivity contribution in [2.75, 3.05) is 13.1 Å². The lowest BCUT2D eigenvalue weighted by Gasteiger charge is -2.28. The Hall–Kier alpha value is -0.110. The first-order chi connectivity index (χ1) is 7.77. The van der Waals surface area contributed by atoms with Crippen molar-refractivity contribution in [1.29, 1.82) is 0 Å². The molecule has 1 heterocycles. The molecule has 16 heavy (non-hydrogen) atoms. The molecule has 0 spiro atoms. The number of nitrogens with one attached hydrogen (secondary N) is 1. The van der Waals surface area contributed by atoms with Crippen molar-refractivity contribution in [2.45, 2.75) is 65.0 Å². The Labute approximate surface area is 100 Å². The van der Waals surface area contributed by atoms with Crippen LogP contribution in [-0.2, 0) is 0 Å². The maximum absolute atomic E-state index is 14.1. The SMILES string of the molecule is CCCCC(CC)CC(F)C1CCNCC1. The second-order valence-corrected chi connectivity index (χ2v) is 5.26. The van der Waals surface area contributed by atoms with E-state index in [-0.39, 0.29) is 0 Å². The highest BCUT2D eigenvalue weighted by atomic mass is 19.1. The highest BCUT2D eigenvalue weighted by Crippen LogP contribution is 2.27. The van der Waals surface area contributed by atoms with Gasteiger partial charge in [0.25, 0.3) is 0 Å². The largest absolute Gasteiger partial charge is 0.317 e. The Morgan fingerprint density at radius 1 is 1.25 bits per heavy atom. The van der Waals surface area contributed by atoms with E-state index in [1.807, 2.05) is 0 Å². The molecule has 0 radical (unpaired) electrons. The molecule has 1 saturated heterocycles. The van der Waals surface area contributed by atoms with Crippen molar-refractivity contribution in [2.24, 2.45) is 11.8 Å². The van der Waals surface area contributed by atoms with E-state index in [1.165, 1.54) is 19.3 Å². The van der Waals surface area contributed by atoms with Gasteiger partial charge in [-0.15, -0.1) is 0 Å². The summed E-state index contributed by atoms with van der Waals surface area (Å²) in [6, 6.07) is 0. The predicted octanol–water partition coefficient (Wildman–Crippen LogP) is 3.93. The van der Waals surface area contributed by atoms with E-state index in [0.29, 0.717) is 11.8 Å². The molecule has 0 aromatic heterocycles. The van der Waals surface area contributed by atoms with Crippen molar-refractivity contribution in [3.05, 3.63) is 0 Å². The molecule has 0 amide bonds. The number of halogens is 1. The van der Waals surface area contributed by atoms with Gasteiger partial charge in [-0.3, -0.25) is 0 Å². The second-order valence-electron chi connectivity index (χ2n) is 5.26. The van der Waals surface area contributed by atoms with E-state index < -0.39 is 6.17 Å². The maximum atomic E-state index is 14.1. The van der Waals surface area contributed by atoms with Gasteiger partial charge in [-0.25, -0.2) is 4.39 Å². The van der Waals surface area contributed by atoms with E-state index >= 15 is 0 Å². The van der Waals surface area contributed by atoms with Gasteiger partial charge >= 0.3 is 0 Å². The fourth-order valence-electron chi connectivity index (χ4n) is 2.70. The van der Waals surface area contributed by atoms with Gasteiger partial charge in [-0.05, 0) is 44.2 Å². The molecule has 0 saturated carbocycles. The topological polar surface area (TPSA) is 12.0 Å². The van der Waals surface area contributed by atoms with Crippen LogP contribution in [0.15, 0.2) is 0 Å². The lowest BCUT2D eigenvalue weighted by Crippen LogP contribution is -2.33. The first-order valence-corrected chi connectivity index (χ1v) is 7.12. The number of hydrogen-bond acceptors (Lipinski definition) is 1.